The maximum atomic E-state index is 14.3. The first-order valence-corrected chi connectivity index (χ1v) is 11.0. The molecule has 2 aromatic rings. The minimum absolute atomic E-state index is 0.00331. The molecule has 0 fully saturated rings. The molecule has 0 atom stereocenters. The smallest absolute Gasteiger partial charge is 0.362 e. The van der Waals surface area contributed by atoms with Crippen molar-refractivity contribution in [2.45, 2.75) is 12.7 Å². The van der Waals surface area contributed by atoms with Gasteiger partial charge in [-0.25, -0.2) is 17.8 Å². The molecule has 1 aromatic carbocycles. The number of rotatable bonds is 7. The van der Waals surface area contributed by atoms with Crippen molar-refractivity contribution < 1.29 is 30.8 Å². The van der Waals surface area contributed by atoms with Gasteiger partial charge < -0.3 is 10.2 Å². The quantitative estimate of drug-likeness (QED) is 0.460. The second-order valence-corrected chi connectivity index (χ2v) is 8.79. The predicted octanol–water partition coefficient (Wildman–Crippen LogP) is 2.88. The fraction of sp³-hybridized carbons (Fsp3) is 0.250. The van der Waals surface area contributed by atoms with E-state index in [9.17, 15) is 30.8 Å². The average Bonchev–Trinajstić information content (AvgIpc) is 2.70. The van der Waals surface area contributed by atoms with Crippen LogP contribution in [0.3, 0.4) is 0 Å². The molecule has 0 radical (unpaired) electrons. The lowest BCUT2D eigenvalue weighted by atomic mass is 10.1. The number of sulfonamides is 1. The number of hydrogen-bond donors (Lipinski definition) is 2. The van der Waals surface area contributed by atoms with E-state index in [2.05, 4.69) is 10.3 Å². The van der Waals surface area contributed by atoms with E-state index in [1.807, 2.05) is 4.72 Å². The Balaban J connectivity index is 2.16. The highest BCUT2D eigenvalue weighted by atomic mass is 32.2. The van der Waals surface area contributed by atoms with Crippen LogP contribution >= 0.6 is 0 Å². The van der Waals surface area contributed by atoms with Crippen LogP contribution < -0.4 is 14.9 Å². The van der Waals surface area contributed by atoms with Gasteiger partial charge >= 0.3 is 6.18 Å². The summed E-state index contributed by atoms with van der Waals surface area (Å²) in [4.78, 5) is 17.1. The molecule has 0 aliphatic rings. The van der Waals surface area contributed by atoms with Crippen LogP contribution in [0.25, 0.3) is 6.08 Å². The molecule has 0 saturated heterocycles. The van der Waals surface area contributed by atoms with Crippen molar-refractivity contribution in [3.05, 3.63) is 58.5 Å². The molecule has 1 heterocycles. The first-order valence-electron chi connectivity index (χ1n) is 9.13. The van der Waals surface area contributed by atoms with Gasteiger partial charge in [0.25, 0.3) is 0 Å². The van der Waals surface area contributed by atoms with Crippen molar-refractivity contribution >= 4 is 33.5 Å². The van der Waals surface area contributed by atoms with Crippen molar-refractivity contribution in [3.63, 3.8) is 0 Å². The number of halogens is 4. The van der Waals surface area contributed by atoms with Crippen LogP contribution in [0.4, 0.5) is 29.1 Å². The van der Waals surface area contributed by atoms with Crippen molar-refractivity contribution in [1.29, 1.82) is 5.26 Å². The summed E-state index contributed by atoms with van der Waals surface area (Å²) in [6.45, 7) is -0.195. The Hall–Kier alpha value is -3.66. The molecule has 0 saturated carbocycles. The van der Waals surface area contributed by atoms with Crippen molar-refractivity contribution in [3.8, 4) is 6.07 Å². The largest absolute Gasteiger partial charge is 0.433 e. The zero-order valence-electron chi connectivity index (χ0n) is 17.7. The zero-order chi connectivity index (χ0) is 25.0. The predicted molar refractivity (Wildman–Crippen MR) is 114 cm³/mol. The average molecular weight is 485 g/mol. The lowest BCUT2D eigenvalue weighted by molar-refractivity contribution is -0.141. The van der Waals surface area contributed by atoms with Crippen molar-refractivity contribution in [2.24, 2.45) is 0 Å². The highest BCUT2D eigenvalue weighted by Gasteiger charge is 2.33. The van der Waals surface area contributed by atoms with Crippen LogP contribution in [0.15, 0.2) is 30.3 Å². The molecule has 2 rings (SSSR count). The Morgan fingerprint density at radius 1 is 1.27 bits per heavy atom. The van der Waals surface area contributed by atoms with Crippen molar-refractivity contribution in [1.82, 2.24) is 10.3 Å². The molecule has 1 amide bonds. The third kappa shape index (κ3) is 7.18. The van der Waals surface area contributed by atoms with E-state index in [1.54, 1.807) is 6.07 Å². The Bertz CT molecular complexity index is 1240. The normalized spacial score (nSPS) is 11.8. The third-order valence-electron chi connectivity index (χ3n) is 4.06. The SMILES string of the molecule is CN(C)c1nc(C(F)(F)F)ccc1/C=C\C(=O)NCc1cc(F)c(NS(C)(=O)=O)c(C#N)c1. The van der Waals surface area contributed by atoms with Gasteiger partial charge in [-0.3, -0.25) is 9.52 Å². The number of carbonyl (C=O) groups is 1. The Kier molecular flexibility index (Phi) is 7.65. The molecule has 0 aliphatic heterocycles. The van der Waals surface area contributed by atoms with Crippen LogP contribution in [-0.4, -0.2) is 39.7 Å². The number of pyridine rings is 1. The van der Waals surface area contributed by atoms with E-state index < -0.39 is 39.3 Å². The molecule has 0 unspecified atom stereocenters. The van der Waals surface area contributed by atoms with Gasteiger partial charge in [-0.2, -0.15) is 18.4 Å². The maximum Gasteiger partial charge on any atom is 0.433 e. The zero-order valence-corrected chi connectivity index (χ0v) is 18.5. The van der Waals surface area contributed by atoms with E-state index in [0.717, 1.165) is 24.5 Å². The van der Waals surface area contributed by atoms with Gasteiger partial charge in [0.05, 0.1) is 11.8 Å². The lowest BCUT2D eigenvalue weighted by Crippen LogP contribution is -2.21. The first kappa shape index (κ1) is 25.6. The Labute approximate surface area is 187 Å². The maximum absolute atomic E-state index is 14.3. The molecule has 2 N–H and O–H groups in total. The number of benzene rings is 1. The van der Waals surface area contributed by atoms with Gasteiger partial charge in [0, 0.05) is 32.3 Å². The molecule has 0 aliphatic carbocycles. The standard InChI is InChI=1S/C20H19F4N5O3S/c1-29(2)19-13(4-6-16(27-19)20(22,23)24)5-7-17(30)26-11-12-8-14(10-25)18(15(21)9-12)28-33(3,31)32/h4-9,28H,11H2,1-3H3,(H,26,30)/b7-5-. The highest BCUT2D eigenvalue weighted by Crippen LogP contribution is 2.30. The second kappa shape index (κ2) is 9.86. The summed E-state index contributed by atoms with van der Waals surface area (Å²) in [5.74, 6) is -1.63. The minimum atomic E-state index is -4.62. The Morgan fingerprint density at radius 2 is 1.94 bits per heavy atom. The molecule has 8 nitrogen and oxygen atoms in total. The fourth-order valence-corrected chi connectivity index (χ4v) is 3.24. The van der Waals surface area contributed by atoms with Crippen LogP contribution in [0.2, 0.25) is 0 Å². The van der Waals surface area contributed by atoms with E-state index in [-0.39, 0.29) is 29.1 Å². The number of aromatic nitrogens is 1. The summed E-state index contributed by atoms with van der Waals surface area (Å²) in [6.07, 6.45) is -1.47. The van der Waals surface area contributed by atoms with Gasteiger partial charge in [-0.1, -0.05) is 0 Å². The third-order valence-corrected chi connectivity index (χ3v) is 4.63. The number of nitriles is 1. The highest BCUT2D eigenvalue weighted by molar-refractivity contribution is 7.92. The number of amides is 1. The molecule has 176 valence electrons. The van der Waals surface area contributed by atoms with Crippen LogP contribution in [0, 0.1) is 17.1 Å². The molecule has 0 bridgehead atoms. The fourth-order valence-electron chi connectivity index (χ4n) is 2.66. The van der Waals surface area contributed by atoms with Gasteiger partial charge in [0.15, 0.2) is 0 Å². The number of nitrogens with one attached hydrogen (secondary N) is 2. The molecular formula is C20H19F4N5O3S. The summed E-state index contributed by atoms with van der Waals surface area (Å²) in [5, 5.41) is 11.6. The molecule has 1 aromatic heterocycles. The van der Waals surface area contributed by atoms with Gasteiger partial charge in [0.2, 0.25) is 15.9 Å². The van der Waals surface area contributed by atoms with E-state index >= 15 is 0 Å². The minimum Gasteiger partial charge on any atom is -0.362 e. The monoisotopic (exact) mass is 485 g/mol. The number of hydrogen-bond acceptors (Lipinski definition) is 6. The van der Waals surface area contributed by atoms with Crippen LogP contribution in [-0.2, 0) is 27.5 Å². The van der Waals surface area contributed by atoms with E-state index in [1.165, 1.54) is 37.2 Å². The van der Waals surface area contributed by atoms with E-state index in [0.29, 0.717) is 0 Å². The molecule has 33 heavy (non-hydrogen) atoms. The number of carbonyl (C=O) groups excluding carboxylic acids is 1. The summed E-state index contributed by atoms with van der Waals surface area (Å²) in [6, 6.07) is 5.83. The molecule has 0 spiro atoms. The van der Waals surface area contributed by atoms with E-state index in [4.69, 9.17) is 5.26 Å². The summed E-state index contributed by atoms with van der Waals surface area (Å²) < 4.78 is 77.5. The van der Waals surface area contributed by atoms with Gasteiger partial charge in [-0.05, 0) is 35.9 Å². The Morgan fingerprint density at radius 3 is 2.48 bits per heavy atom. The summed E-state index contributed by atoms with van der Waals surface area (Å²) in [7, 11) is -0.809. The molecular weight excluding hydrogens is 466 g/mol. The topological polar surface area (TPSA) is 115 Å². The summed E-state index contributed by atoms with van der Waals surface area (Å²) in [5.41, 5.74) is -1.39. The summed E-state index contributed by atoms with van der Waals surface area (Å²) >= 11 is 0. The van der Waals surface area contributed by atoms with Gasteiger partial charge in [0.1, 0.15) is 29.1 Å². The van der Waals surface area contributed by atoms with Crippen molar-refractivity contribution in [2.75, 3.05) is 30.0 Å². The van der Waals surface area contributed by atoms with Crippen LogP contribution in [0.1, 0.15) is 22.4 Å². The number of nitrogens with zero attached hydrogens (tertiary/aromatic N) is 3. The lowest BCUT2D eigenvalue weighted by Gasteiger charge is -2.16. The van der Waals surface area contributed by atoms with Gasteiger partial charge in [-0.15, -0.1) is 0 Å². The molecule has 13 heteroatoms. The number of anilines is 2. The number of alkyl halides is 3. The second-order valence-electron chi connectivity index (χ2n) is 7.04. The first-order chi connectivity index (χ1) is 15.2. The van der Waals surface area contributed by atoms with Crippen LogP contribution in [0.5, 0.6) is 0 Å².